The van der Waals surface area contributed by atoms with E-state index in [4.69, 9.17) is 9.15 Å². The molecule has 1 unspecified atom stereocenters. The van der Waals surface area contributed by atoms with E-state index in [-0.39, 0.29) is 48.9 Å². The number of carbonyl (C=O) groups excluding carboxylic acids is 2. The molecule has 2 heterocycles. The topological polar surface area (TPSA) is 109 Å². The van der Waals surface area contributed by atoms with Gasteiger partial charge in [0, 0.05) is 37.1 Å². The Morgan fingerprint density at radius 3 is 2.40 bits per heavy atom. The Morgan fingerprint density at radius 2 is 1.77 bits per heavy atom. The van der Waals surface area contributed by atoms with Gasteiger partial charge in [0.2, 0.25) is 10.0 Å². The number of nitrogens with zero attached hydrogens (tertiary/aromatic N) is 2. The molecule has 1 aliphatic rings. The first-order valence-electron chi connectivity index (χ1n) is 11.5. The van der Waals surface area contributed by atoms with E-state index in [0.717, 1.165) is 5.39 Å². The number of ketones is 1. The Kier molecular flexibility index (Phi) is 7.13. The van der Waals surface area contributed by atoms with Crippen molar-refractivity contribution < 1.29 is 27.2 Å². The Bertz CT molecular complexity index is 1320. The molecule has 1 N–H and O–H groups in total. The molecule has 10 heteroatoms. The minimum Gasteiger partial charge on any atom is -0.490 e. The van der Waals surface area contributed by atoms with Crippen LogP contribution in [0.15, 0.2) is 57.8 Å². The van der Waals surface area contributed by atoms with Gasteiger partial charge in [-0.3, -0.25) is 4.79 Å². The van der Waals surface area contributed by atoms with Gasteiger partial charge < -0.3 is 19.4 Å². The summed E-state index contributed by atoms with van der Waals surface area (Å²) in [5, 5.41) is 3.82. The van der Waals surface area contributed by atoms with Crippen molar-refractivity contribution in [1.29, 1.82) is 0 Å². The smallest absolute Gasteiger partial charge is 0.318 e. The van der Waals surface area contributed by atoms with Crippen LogP contribution in [0.25, 0.3) is 11.0 Å². The highest BCUT2D eigenvalue weighted by Crippen LogP contribution is 2.31. The number of amides is 2. The van der Waals surface area contributed by atoms with Gasteiger partial charge in [-0.2, -0.15) is 4.31 Å². The van der Waals surface area contributed by atoms with Gasteiger partial charge in [-0.1, -0.05) is 24.3 Å². The van der Waals surface area contributed by atoms with Crippen molar-refractivity contribution >= 4 is 32.8 Å². The Morgan fingerprint density at radius 1 is 1.09 bits per heavy atom. The molecular formula is C25H29N3O6S. The number of furan rings is 1. The quantitative estimate of drug-likeness (QED) is 0.495. The van der Waals surface area contributed by atoms with E-state index < -0.39 is 10.0 Å². The van der Waals surface area contributed by atoms with Crippen LogP contribution in [0.3, 0.4) is 0 Å². The van der Waals surface area contributed by atoms with Gasteiger partial charge in [-0.25, -0.2) is 13.2 Å². The molecule has 1 atom stereocenters. The van der Waals surface area contributed by atoms with Crippen molar-refractivity contribution in [2.45, 2.75) is 31.7 Å². The van der Waals surface area contributed by atoms with Crippen LogP contribution in [-0.2, 0) is 10.0 Å². The van der Waals surface area contributed by atoms with Crippen LogP contribution in [0.1, 0.15) is 42.9 Å². The van der Waals surface area contributed by atoms with Crippen LogP contribution in [-0.4, -0.2) is 62.2 Å². The van der Waals surface area contributed by atoms with Gasteiger partial charge >= 0.3 is 6.03 Å². The number of hydrogen-bond acceptors (Lipinski definition) is 6. The van der Waals surface area contributed by atoms with Crippen LogP contribution in [0.4, 0.5) is 4.79 Å². The molecule has 1 saturated heterocycles. The average molecular weight is 500 g/mol. The zero-order valence-corrected chi connectivity index (χ0v) is 20.8. The lowest BCUT2D eigenvalue weighted by molar-refractivity contribution is 0.101. The normalized spacial score (nSPS) is 15.7. The predicted molar refractivity (Wildman–Crippen MR) is 131 cm³/mol. The second-order valence-electron chi connectivity index (χ2n) is 8.40. The molecule has 1 fully saturated rings. The molecule has 3 aromatic rings. The summed E-state index contributed by atoms with van der Waals surface area (Å²) < 4.78 is 38.9. The molecule has 0 saturated carbocycles. The second kappa shape index (κ2) is 10.1. The Hall–Kier alpha value is -3.37. The third-order valence-electron chi connectivity index (χ3n) is 6.02. The highest BCUT2D eigenvalue weighted by molar-refractivity contribution is 7.89. The lowest BCUT2D eigenvalue weighted by atomic mass is 10.2. The number of benzene rings is 2. The SMILES string of the molecule is CCOc1cccc2cc(C(C)NC(=O)N3CCN(S(=O)(=O)c4ccc(C(C)=O)cc4)CC3)oc12. The van der Waals surface area contributed by atoms with Crippen molar-refractivity contribution in [3.05, 3.63) is 59.9 Å². The van der Waals surface area contributed by atoms with Crippen molar-refractivity contribution in [3.63, 3.8) is 0 Å². The van der Waals surface area contributed by atoms with Crippen LogP contribution in [0, 0.1) is 0 Å². The molecule has 2 amide bonds. The van der Waals surface area contributed by atoms with E-state index >= 15 is 0 Å². The zero-order chi connectivity index (χ0) is 25.2. The number of ether oxygens (including phenoxy) is 1. The fourth-order valence-corrected chi connectivity index (χ4v) is 5.45. The van der Waals surface area contributed by atoms with E-state index in [0.29, 0.717) is 29.3 Å². The van der Waals surface area contributed by atoms with Crippen LogP contribution >= 0.6 is 0 Å². The third-order valence-corrected chi connectivity index (χ3v) is 7.93. The largest absolute Gasteiger partial charge is 0.490 e. The molecule has 1 aliphatic heterocycles. The summed E-state index contributed by atoms with van der Waals surface area (Å²) in [6.07, 6.45) is 0. The van der Waals surface area contributed by atoms with Gasteiger partial charge in [-0.15, -0.1) is 0 Å². The molecule has 2 aromatic carbocycles. The lowest BCUT2D eigenvalue weighted by Crippen LogP contribution is -2.53. The highest BCUT2D eigenvalue weighted by Gasteiger charge is 2.31. The van der Waals surface area contributed by atoms with E-state index in [9.17, 15) is 18.0 Å². The number of sulfonamides is 1. The molecule has 0 radical (unpaired) electrons. The van der Waals surface area contributed by atoms with Gasteiger partial charge in [-0.05, 0) is 45.0 Å². The molecule has 186 valence electrons. The monoisotopic (exact) mass is 499 g/mol. The first kappa shape index (κ1) is 24.7. The molecule has 35 heavy (non-hydrogen) atoms. The van der Waals surface area contributed by atoms with E-state index in [2.05, 4.69) is 5.32 Å². The predicted octanol–water partition coefficient (Wildman–Crippen LogP) is 3.81. The molecule has 1 aromatic heterocycles. The summed E-state index contributed by atoms with van der Waals surface area (Å²) in [5.74, 6) is 1.14. The summed E-state index contributed by atoms with van der Waals surface area (Å²) in [5.41, 5.74) is 1.10. The number of urea groups is 1. The number of hydrogen-bond donors (Lipinski definition) is 1. The van der Waals surface area contributed by atoms with E-state index in [1.807, 2.05) is 38.1 Å². The summed E-state index contributed by atoms with van der Waals surface area (Å²) in [7, 11) is -3.71. The van der Waals surface area contributed by atoms with Crippen molar-refractivity contribution in [2.75, 3.05) is 32.8 Å². The molecule has 0 aliphatic carbocycles. The standard InChI is InChI=1S/C25H29N3O6S/c1-4-33-22-7-5-6-20-16-23(34-24(20)22)17(2)26-25(30)27-12-14-28(15-13-27)35(31,32)21-10-8-19(9-11-21)18(3)29/h5-11,16-17H,4,12-15H2,1-3H3,(H,26,30). The Labute approximate surface area is 204 Å². The first-order valence-corrected chi connectivity index (χ1v) is 13.0. The maximum Gasteiger partial charge on any atom is 0.318 e. The number of para-hydroxylation sites is 1. The fourth-order valence-electron chi connectivity index (χ4n) is 4.03. The summed E-state index contributed by atoms with van der Waals surface area (Å²) in [6.45, 7) is 6.58. The fraction of sp³-hybridized carbons (Fsp3) is 0.360. The zero-order valence-electron chi connectivity index (χ0n) is 20.0. The maximum atomic E-state index is 13.0. The number of fused-ring (bicyclic) bond motifs is 1. The number of piperazine rings is 1. The van der Waals surface area contributed by atoms with E-state index in [1.54, 1.807) is 4.90 Å². The van der Waals surface area contributed by atoms with Crippen molar-refractivity contribution in [2.24, 2.45) is 0 Å². The van der Waals surface area contributed by atoms with Gasteiger partial charge in [0.25, 0.3) is 0 Å². The van der Waals surface area contributed by atoms with Gasteiger partial charge in [0.1, 0.15) is 5.76 Å². The molecule has 0 bridgehead atoms. The van der Waals surface area contributed by atoms with Crippen LogP contribution in [0.2, 0.25) is 0 Å². The lowest BCUT2D eigenvalue weighted by Gasteiger charge is -2.34. The van der Waals surface area contributed by atoms with Crippen molar-refractivity contribution in [3.8, 4) is 5.75 Å². The summed E-state index contributed by atoms with van der Waals surface area (Å²) in [4.78, 5) is 26.0. The van der Waals surface area contributed by atoms with Crippen molar-refractivity contribution in [1.82, 2.24) is 14.5 Å². The maximum absolute atomic E-state index is 13.0. The average Bonchev–Trinajstić information content (AvgIpc) is 3.30. The first-order chi connectivity index (χ1) is 16.7. The highest BCUT2D eigenvalue weighted by atomic mass is 32.2. The van der Waals surface area contributed by atoms with Crippen LogP contribution < -0.4 is 10.1 Å². The second-order valence-corrected chi connectivity index (χ2v) is 10.3. The minimum absolute atomic E-state index is 0.125. The summed E-state index contributed by atoms with van der Waals surface area (Å²) >= 11 is 0. The molecule has 4 rings (SSSR count). The molecule has 0 spiro atoms. The molecule has 9 nitrogen and oxygen atoms in total. The number of Topliss-reactive ketones (excluding diaryl/α,β-unsaturated/α-hetero) is 1. The van der Waals surface area contributed by atoms with E-state index in [1.165, 1.54) is 35.5 Å². The number of carbonyl (C=O) groups is 2. The minimum atomic E-state index is -3.71. The van der Waals surface area contributed by atoms with Crippen LogP contribution in [0.5, 0.6) is 5.75 Å². The molecular weight excluding hydrogens is 470 g/mol. The summed E-state index contributed by atoms with van der Waals surface area (Å²) in [6, 6.07) is 12.8. The van der Waals surface area contributed by atoms with Gasteiger partial charge in [0.15, 0.2) is 17.1 Å². The van der Waals surface area contributed by atoms with Gasteiger partial charge in [0.05, 0.1) is 17.5 Å². The Balaban J connectivity index is 1.37. The number of nitrogens with one attached hydrogen (secondary N) is 1. The third kappa shape index (κ3) is 5.18. The number of rotatable bonds is 7.